The van der Waals surface area contributed by atoms with Gasteiger partial charge in [-0.1, -0.05) is 0 Å². The van der Waals surface area contributed by atoms with Gasteiger partial charge in [0.05, 0.1) is 18.4 Å². The molecule has 0 aromatic heterocycles. The van der Waals surface area contributed by atoms with Gasteiger partial charge in [-0.05, 0) is 90.5 Å². The van der Waals surface area contributed by atoms with Gasteiger partial charge in [0.15, 0.2) is 0 Å². The summed E-state index contributed by atoms with van der Waals surface area (Å²) in [6, 6.07) is 0.730. The maximum atomic E-state index is 12.8. The van der Waals surface area contributed by atoms with Crippen molar-refractivity contribution in [3.05, 3.63) is 0 Å². The van der Waals surface area contributed by atoms with Crippen LogP contribution in [0.15, 0.2) is 0 Å². The van der Waals surface area contributed by atoms with Gasteiger partial charge in [-0.3, -0.25) is 9.59 Å². The molecule has 40 heavy (non-hydrogen) atoms. The van der Waals surface area contributed by atoms with E-state index in [4.69, 9.17) is 42.4 Å². The number of hydrogen-bond donors (Lipinski definition) is 0. The molecule has 2 aliphatic heterocycles. The third-order valence-corrected chi connectivity index (χ3v) is 34.6. The topological polar surface area (TPSA) is 126 Å². The monoisotopic (exact) mass is 704 g/mol. The van der Waals surface area contributed by atoms with Gasteiger partial charge in [-0.2, -0.15) is 0 Å². The predicted molar refractivity (Wildman–Crippen MR) is 167 cm³/mol. The van der Waals surface area contributed by atoms with Gasteiger partial charge in [-0.25, -0.2) is 0 Å². The van der Waals surface area contributed by atoms with E-state index in [9.17, 15) is 9.59 Å². The lowest BCUT2D eigenvalue weighted by Gasteiger charge is -2.37. The number of hydrogen-bond acceptors (Lipinski definition) is 12. The van der Waals surface area contributed by atoms with Gasteiger partial charge in [0.25, 0.3) is 55.7 Å². The summed E-state index contributed by atoms with van der Waals surface area (Å²) in [6.45, 7) is 16.2. The molecule has 20 heteroatoms. The Labute approximate surface area is 251 Å². The minimum absolute atomic E-state index is 0.128. The molecule has 2 saturated heterocycles. The predicted octanol–water partition coefficient (Wildman–Crippen LogP) is 1.21. The van der Waals surface area contributed by atoms with E-state index >= 15 is 0 Å². The smallest absolute Gasteiger partial charge is 0.356 e. The van der Waals surface area contributed by atoms with Crippen LogP contribution in [-0.4, -0.2) is 97.6 Å². The summed E-state index contributed by atoms with van der Waals surface area (Å²) >= 11 is 0. The Kier molecular flexibility index (Phi) is 13.8. The van der Waals surface area contributed by atoms with E-state index in [-0.39, 0.29) is 30.0 Å². The van der Waals surface area contributed by atoms with Gasteiger partial charge in [0.2, 0.25) is 0 Å². The normalized spacial score (nSPS) is 41.6. The summed E-state index contributed by atoms with van der Waals surface area (Å²) in [5.41, 5.74) is 0. The van der Waals surface area contributed by atoms with Gasteiger partial charge in [-0.15, -0.1) is 0 Å². The molecule has 1 aliphatic carbocycles. The highest BCUT2D eigenvalue weighted by Crippen LogP contribution is 2.31. The minimum atomic E-state index is -2.73. The van der Waals surface area contributed by atoms with Crippen LogP contribution < -0.4 is 0 Å². The molecule has 1 saturated carbocycles. The third-order valence-electron chi connectivity index (χ3n) is 7.08. The second kappa shape index (κ2) is 15.9. The summed E-state index contributed by atoms with van der Waals surface area (Å²) < 4.78 is 60.0. The standard InChI is InChI=1S/C20H48O12Si8/c1-33-25-35(3)29-39(7,30-36(4)26-33)15-9-14-23-19(21)17-10-12-18(13-11-17)20(22)24-16-40(8)31-37(5)27-34(2)28-38(6)32-40/h17-18,33-38H,9-16H2,1-8H3. The van der Waals surface area contributed by atoms with Crippen LogP contribution in [0.5, 0.6) is 0 Å². The van der Waals surface area contributed by atoms with Crippen LogP contribution in [0.2, 0.25) is 58.4 Å². The van der Waals surface area contributed by atoms with Crippen molar-refractivity contribution in [2.45, 2.75) is 90.5 Å². The summed E-state index contributed by atoms with van der Waals surface area (Å²) in [6.07, 6.45) is 3.23. The molecule has 0 spiro atoms. The van der Waals surface area contributed by atoms with Crippen LogP contribution in [0.1, 0.15) is 32.1 Å². The van der Waals surface area contributed by atoms with Crippen LogP contribution in [0.25, 0.3) is 0 Å². The Bertz CT molecular complexity index is 809. The van der Waals surface area contributed by atoms with E-state index in [1.54, 1.807) is 0 Å². The van der Waals surface area contributed by atoms with Crippen LogP contribution in [0.3, 0.4) is 0 Å². The van der Waals surface area contributed by atoms with Crippen molar-refractivity contribution < 1.29 is 52.0 Å². The molecule has 0 aromatic rings. The molecule has 2 heterocycles. The SMILES string of the molecule is C[SiH]1O[SiH](C)O[Si](C)(CCCOC(=O)C2CCC(C(=O)OC[Si]3(C)O[SiH](C)O[SiH](C)O[SiH](C)O3)CC2)O[SiH](C)O1. The first-order valence-electron chi connectivity index (χ1n) is 14.4. The van der Waals surface area contributed by atoms with Crippen molar-refractivity contribution in [3.8, 4) is 0 Å². The molecule has 0 amide bonds. The summed E-state index contributed by atoms with van der Waals surface area (Å²) in [4.78, 5) is 25.6. The van der Waals surface area contributed by atoms with Gasteiger partial charge < -0.3 is 42.4 Å². The lowest BCUT2D eigenvalue weighted by Crippen LogP contribution is -2.56. The van der Waals surface area contributed by atoms with E-state index in [0.717, 1.165) is 6.04 Å². The summed E-state index contributed by atoms with van der Waals surface area (Å²) in [7, 11) is -15.9. The van der Waals surface area contributed by atoms with E-state index < -0.39 is 72.8 Å². The summed E-state index contributed by atoms with van der Waals surface area (Å²) in [5, 5.41) is 0. The first-order chi connectivity index (χ1) is 18.8. The largest absolute Gasteiger partial charge is 0.465 e. The van der Waals surface area contributed by atoms with Gasteiger partial charge in [0.1, 0.15) is 6.23 Å². The average Bonchev–Trinajstić information content (AvgIpc) is 2.82. The van der Waals surface area contributed by atoms with E-state index in [0.29, 0.717) is 38.7 Å². The zero-order chi connectivity index (χ0) is 29.5. The highest BCUT2D eigenvalue weighted by molar-refractivity contribution is 6.82. The fourth-order valence-corrected chi connectivity index (χ4v) is 34.0. The van der Waals surface area contributed by atoms with E-state index in [1.807, 2.05) is 45.8 Å². The van der Waals surface area contributed by atoms with Gasteiger partial charge in [0, 0.05) is 0 Å². The third kappa shape index (κ3) is 11.5. The lowest BCUT2D eigenvalue weighted by molar-refractivity contribution is -0.154. The number of carbonyl (C=O) groups excluding carboxylic acids is 2. The maximum Gasteiger partial charge on any atom is 0.356 e. The fraction of sp³-hybridized carbons (Fsp3) is 0.900. The maximum absolute atomic E-state index is 12.8. The average molecular weight is 705 g/mol. The Balaban J connectivity index is 1.36. The highest BCUT2D eigenvalue weighted by Gasteiger charge is 2.42. The highest BCUT2D eigenvalue weighted by atomic mass is 28.5. The van der Waals surface area contributed by atoms with Crippen molar-refractivity contribution >= 4 is 84.8 Å². The number of ether oxygens (including phenoxy) is 2. The molecule has 3 fully saturated rings. The van der Waals surface area contributed by atoms with Crippen molar-refractivity contribution in [3.63, 3.8) is 0 Å². The van der Waals surface area contributed by atoms with Crippen molar-refractivity contribution in [1.82, 2.24) is 0 Å². The van der Waals surface area contributed by atoms with Crippen LogP contribution >= 0.6 is 0 Å². The molecule has 4 atom stereocenters. The number of rotatable bonds is 8. The van der Waals surface area contributed by atoms with Crippen LogP contribution in [0.4, 0.5) is 0 Å². The van der Waals surface area contributed by atoms with Crippen molar-refractivity contribution in [2.24, 2.45) is 11.8 Å². The molecule has 232 valence electrons. The number of esters is 2. The number of carbonyl (C=O) groups is 2. The van der Waals surface area contributed by atoms with E-state index in [2.05, 4.69) is 6.55 Å². The molecule has 0 bridgehead atoms. The van der Waals surface area contributed by atoms with Crippen LogP contribution in [-0.2, 0) is 52.0 Å². The van der Waals surface area contributed by atoms with Crippen LogP contribution in [0, 0.1) is 11.8 Å². The molecule has 0 radical (unpaired) electrons. The fourth-order valence-electron chi connectivity index (χ4n) is 5.47. The summed E-state index contributed by atoms with van der Waals surface area (Å²) in [5.74, 6) is -0.864. The van der Waals surface area contributed by atoms with Crippen molar-refractivity contribution in [2.75, 3.05) is 12.8 Å². The second-order valence-corrected chi connectivity index (χ2v) is 31.4. The van der Waals surface area contributed by atoms with Gasteiger partial charge >= 0.3 is 29.1 Å². The molecule has 12 nitrogen and oxygen atoms in total. The second-order valence-electron chi connectivity index (χ2n) is 11.1. The zero-order valence-electron chi connectivity index (χ0n) is 25.2. The molecular formula is C20H48O12Si8. The molecule has 3 rings (SSSR count). The first-order valence-corrected chi connectivity index (χ1v) is 32.1. The Morgan fingerprint density at radius 1 is 0.625 bits per heavy atom. The molecule has 3 aliphatic rings. The Morgan fingerprint density at radius 2 is 1.00 bits per heavy atom. The Hall–Kier alpha value is 0.355. The van der Waals surface area contributed by atoms with E-state index in [1.165, 1.54) is 0 Å². The zero-order valence-corrected chi connectivity index (χ0v) is 34.1. The lowest BCUT2D eigenvalue weighted by atomic mass is 9.82. The first kappa shape index (κ1) is 34.8. The van der Waals surface area contributed by atoms with Crippen molar-refractivity contribution in [1.29, 1.82) is 0 Å². The molecule has 0 aromatic carbocycles. The molecular weight excluding hydrogens is 657 g/mol. The Morgan fingerprint density at radius 3 is 1.43 bits per heavy atom. The minimum Gasteiger partial charge on any atom is -0.465 e. The molecule has 4 unspecified atom stereocenters. The quantitative estimate of drug-likeness (QED) is 0.205. The molecule has 0 N–H and O–H groups in total.